The highest BCUT2D eigenvalue weighted by Gasteiger charge is 2.33. The number of carbonyl (C=O) groups excluding carboxylic acids is 1. The van der Waals surface area contributed by atoms with E-state index in [1.54, 1.807) is 25.1 Å². The summed E-state index contributed by atoms with van der Waals surface area (Å²) in [6, 6.07) is 6.99. The van der Waals surface area contributed by atoms with Crippen molar-refractivity contribution >= 4 is 23.0 Å². The molecule has 1 N–H and O–H groups in total. The molecular formula is C22H27N3O3. The van der Waals surface area contributed by atoms with Gasteiger partial charge in [0.25, 0.3) is 10.9 Å². The maximum absolute atomic E-state index is 12.8. The maximum Gasteiger partial charge on any atom is 0.254 e. The smallest absolute Gasteiger partial charge is 0.254 e. The van der Waals surface area contributed by atoms with E-state index >= 15 is 0 Å². The van der Waals surface area contributed by atoms with E-state index in [2.05, 4.69) is 11.4 Å². The number of carbonyl (C=O) groups is 1. The molecule has 0 heterocycles. The lowest BCUT2D eigenvalue weighted by Crippen LogP contribution is -2.45. The van der Waals surface area contributed by atoms with Gasteiger partial charge in [-0.3, -0.25) is 19.3 Å². The third kappa shape index (κ3) is 3.84. The Hall–Kier alpha value is -2.94. The molecule has 2 rings (SSSR count). The van der Waals surface area contributed by atoms with Gasteiger partial charge in [0.2, 0.25) is 5.91 Å². The van der Waals surface area contributed by atoms with E-state index in [9.17, 15) is 14.4 Å². The Morgan fingerprint density at radius 2 is 1.86 bits per heavy atom. The lowest BCUT2D eigenvalue weighted by Gasteiger charge is -2.32. The van der Waals surface area contributed by atoms with Crippen molar-refractivity contribution in [3.05, 3.63) is 49.8 Å². The van der Waals surface area contributed by atoms with Crippen molar-refractivity contribution in [2.24, 2.45) is 5.41 Å². The summed E-state index contributed by atoms with van der Waals surface area (Å²) in [6.07, 6.45) is 0.755. The number of rotatable bonds is 6. The Kier molecular flexibility index (Phi) is 6.08. The molecule has 6 nitrogen and oxygen atoms in total. The number of aryl methyl sites for hydroxylation is 1. The van der Waals surface area contributed by atoms with Gasteiger partial charge < -0.3 is 5.32 Å². The summed E-state index contributed by atoms with van der Waals surface area (Å²) in [4.78, 5) is 38.9. The van der Waals surface area contributed by atoms with E-state index in [1.165, 1.54) is 4.90 Å². The summed E-state index contributed by atoms with van der Waals surface area (Å²) >= 11 is 0. The van der Waals surface area contributed by atoms with Crippen LogP contribution in [-0.2, 0) is 11.2 Å². The summed E-state index contributed by atoms with van der Waals surface area (Å²) in [6.45, 7) is 11.6. The number of nitrogens with zero attached hydrogens (tertiary/aromatic N) is 2. The van der Waals surface area contributed by atoms with Crippen LogP contribution in [0.25, 0.3) is 0 Å². The fraction of sp³-hybridized carbons (Fsp3) is 0.455. The topological polar surface area (TPSA) is 90.3 Å². The Balaban J connectivity index is 2.63. The zero-order chi connectivity index (χ0) is 21.2. The van der Waals surface area contributed by atoms with Crippen LogP contribution in [0.4, 0.5) is 17.1 Å². The lowest BCUT2D eigenvalue weighted by atomic mass is 9.87. The number of hydrogen-bond donors (Lipinski definition) is 1. The van der Waals surface area contributed by atoms with Crippen LogP contribution in [0.2, 0.25) is 0 Å². The second-order valence-corrected chi connectivity index (χ2v) is 8.01. The molecule has 28 heavy (non-hydrogen) atoms. The van der Waals surface area contributed by atoms with E-state index in [1.807, 2.05) is 34.6 Å². The molecule has 0 radical (unpaired) electrons. The van der Waals surface area contributed by atoms with Gasteiger partial charge in [-0.1, -0.05) is 34.6 Å². The lowest BCUT2D eigenvalue weighted by molar-refractivity contribution is -0.117. The van der Waals surface area contributed by atoms with E-state index in [0.717, 1.165) is 5.56 Å². The van der Waals surface area contributed by atoms with Crippen molar-refractivity contribution in [3.63, 3.8) is 0 Å². The summed E-state index contributed by atoms with van der Waals surface area (Å²) in [5, 5.41) is 12.3. The first kappa shape index (κ1) is 21.4. The average molecular weight is 381 g/mol. The number of benzene rings is 1. The molecule has 0 fully saturated rings. The first-order valence-corrected chi connectivity index (χ1v) is 9.52. The van der Waals surface area contributed by atoms with Crippen LogP contribution in [0, 0.1) is 16.7 Å². The largest absolute Gasteiger partial charge is 0.377 e. The summed E-state index contributed by atoms with van der Waals surface area (Å²) < 4.78 is 0. The molecule has 0 bridgehead atoms. The molecule has 0 aromatic heterocycles. The summed E-state index contributed by atoms with van der Waals surface area (Å²) in [7, 11) is 0. The number of nitriles is 1. The van der Waals surface area contributed by atoms with E-state index in [4.69, 9.17) is 5.26 Å². The monoisotopic (exact) mass is 381 g/mol. The Bertz CT molecular complexity index is 1000. The molecule has 0 spiro atoms. The fourth-order valence-electron chi connectivity index (χ4n) is 2.85. The van der Waals surface area contributed by atoms with Crippen LogP contribution in [0.3, 0.4) is 0 Å². The molecule has 0 aliphatic heterocycles. The number of nitrogens with one attached hydrogen (secondary N) is 1. The second kappa shape index (κ2) is 7.97. The van der Waals surface area contributed by atoms with Gasteiger partial charge in [-0.05, 0) is 42.5 Å². The minimum atomic E-state index is -0.670. The summed E-state index contributed by atoms with van der Waals surface area (Å²) in [5.41, 5.74) is 0.640. The highest BCUT2D eigenvalue weighted by atomic mass is 16.2. The van der Waals surface area contributed by atoms with E-state index in [-0.39, 0.29) is 35.2 Å². The maximum atomic E-state index is 12.8. The van der Waals surface area contributed by atoms with Gasteiger partial charge in [0, 0.05) is 12.5 Å². The van der Waals surface area contributed by atoms with Crippen LogP contribution < -0.4 is 21.1 Å². The number of amides is 1. The average Bonchev–Trinajstić information content (AvgIpc) is 2.68. The van der Waals surface area contributed by atoms with Crippen molar-refractivity contribution in [1.82, 2.24) is 0 Å². The fourth-order valence-corrected chi connectivity index (χ4v) is 2.85. The summed E-state index contributed by atoms with van der Waals surface area (Å²) in [5.74, 6) is -0.280. The third-order valence-corrected chi connectivity index (χ3v) is 5.15. The van der Waals surface area contributed by atoms with E-state index < -0.39 is 10.9 Å². The minimum absolute atomic E-state index is 0.0836. The van der Waals surface area contributed by atoms with Crippen molar-refractivity contribution in [2.75, 3.05) is 10.2 Å². The van der Waals surface area contributed by atoms with E-state index in [0.29, 0.717) is 17.7 Å². The van der Waals surface area contributed by atoms with Gasteiger partial charge in [-0.15, -0.1) is 0 Å². The van der Waals surface area contributed by atoms with Gasteiger partial charge in [0.15, 0.2) is 0 Å². The van der Waals surface area contributed by atoms with Crippen LogP contribution >= 0.6 is 0 Å². The molecule has 148 valence electrons. The Labute approximate surface area is 165 Å². The molecule has 0 unspecified atom stereocenters. The molecule has 0 saturated heterocycles. The Morgan fingerprint density at radius 1 is 1.21 bits per heavy atom. The van der Waals surface area contributed by atoms with Crippen molar-refractivity contribution in [3.8, 4) is 6.07 Å². The first-order valence-electron chi connectivity index (χ1n) is 9.52. The predicted molar refractivity (Wildman–Crippen MR) is 112 cm³/mol. The SMILES string of the molecule is CCC(=O)N(c1ccc(C#N)cc1CC)c1c(N[C@H](C)C(C)(C)C)c(=O)c1=O. The van der Waals surface area contributed by atoms with Gasteiger partial charge >= 0.3 is 0 Å². The van der Waals surface area contributed by atoms with Crippen LogP contribution in [0.15, 0.2) is 27.8 Å². The molecule has 1 atom stereocenters. The molecule has 0 saturated carbocycles. The predicted octanol–water partition coefficient (Wildman–Crippen LogP) is 3.64. The van der Waals surface area contributed by atoms with Gasteiger partial charge in [0.1, 0.15) is 11.4 Å². The van der Waals surface area contributed by atoms with Crippen molar-refractivity contribution in [2.45, 2.75) is 60.4 Å². The molecule has 2 aromatic rings. The highest BCUT2D eigenvalue weighted by molar-refractivity contribution is 6.05. The zero-order valence-electron chi connectivity index (χ0n) is 17.3. The molecular weight excluding hydrogens is 354 g/mol. The van der Waals surface area contributed by atoms with Crippen LogP contribution in [0.5, 0.6) is 0 Å². The van der Waals surface area contributed by atoms with Crippen LogP contribution in [-0.4, -0.2) is 11.9 Å². The quantitative estimate of drug-likeness (QED) is 0.772. The van der Waals surface area contributed by atoms with Crippen LogP contribution in [0.1, 0.15) is 59.1 Å². The number of hydrogen-bond acceptors (Lipinski definition) is 5. The highest BCUT2D eigenvalue weighted by Crippen LogP contribution is 2.34. The molecule has 2 aromatic carbocycles. The van der Waals surface area contributed by atoms with Gasteiger partial charge in [-0.2, -0.15) is 5.26 Å². The standard InChI is InChI=1S/C22H27N3O3/c1-7-15-11-14(12-23)9-10-16(15)25(17(26)8-2)19-18(20(27)21(19)28)24-13(3)22(4,5)6/h9-11,13,24H,7-8H2,1-6H3/t13-/m1/s1. The molecule has 0 aliphatic carbocycles. The molecule has 6 heteroatoms. The second-order valence-electron chi connectivity index (χ2n) is 8.01. The zero-order valence-corrected chi connectivity index (χ0v) is 17.3. The normalized spacial score (nSPS) is 12.5. The number of anilines is 3. The van der Waals surface area contributed by atoms with Crippen molar-refractivity contribution in [1.29, 1.82) is 5.26 Å². The van der Waals surface area contributed by atoms with Gasteiger partial charge in [0.05, 0.1) is 17.3 Å². The third-order valence-electron chi connectivity index (χ3n) is 5.15. The van der Waals surface area contributed by atoms with Gasteiger partial charge in [-0.25, -0.2) is 0 Å². The Morgan fingerprint density at radius 3 is 2.36 bits per heavy atom. The van der Waals surface area contributed by atoms with Crippen molar-refractivity contribution < 1.29 is 4.79 Å². The molecule has 0 aliphatic rings. The molecule has 1 amide bonds. The first-order chi connectivity index (χ1) is 13.1. The minimum Gasteiger partial charge on any atom is -0.377 e.